The van der Waals surface area contributed by atoms with E-state index in [4.69, 9.17) is 14.0 Å². The van der Waals surface area contributed by atoms with Crippen LogP contribution in [0.2, 0.25) is 0 Å². The lowest BCUT2D eigenvalue weighted by atomic mass is 10.0. The fourth-order valence-corrected chi connectivity index (χ4v) is 3.17. The normalized spacial score (nSPS) is 18.4. The van der Waals surface area contributed by atoms with E-state index in [-0.39, 0.29) is 0 Å². The van der Waals surface area contributed by atoms with Crippen molar-refractivity contribution in [3.05, 3.63) is 35.7 Å². The second-order valence-electron chi connectivity index (χ2n) is 6.25. The highest BCUT2D eigenvalue weighted by Gasteiger charge is 2.21. The number of ether oxygens (including phenoxy) is 2. The summed E-state index contributed by atoms with van der Waals surface area (Å²) in [4.78, 5) is 2.41. The van der Waals surface area contributed by atoms with E-state index >= 15 is 0 Å². The number of hydrogen-bond donors (Lipinski definition) is 1. The smallest absolute Gasteiger partial charge is 0.133 e. The Hall–Kier alpha value is -2.21. The van der Waals surface area contributed by atoms with Crippen molar-refractivity contribution in [2.45, 2.75) is 32.4 Å². The van der Waals surface area contributed by atoms with Crippen LogP contribution < -0.4 is 14.8 Å². The van der Waals surface area contributed by atoms with E-state index in [0.29, 0.717) is 6.04 Å². The van der Waals surface area contributed by atoms with E-state index in [2.05, 4.69) is 15.4 Å². The second kappa shape index (κ2) is 7.57. The summed E-state index contributed by atoms with van der Waals surface area (Å²) in [5, 5.41) is 7.70. The summed E-state index contributed by atoms with van der Waals surface area (Å²) in [5.41, 5.74) is 2.02. The summed E-state index contributed by atoms with van der Waals surface area (Å²) in [7, 11) is 3.33. The first kappa shape index (κ1) is 16.6. The summed E-state index contributed by atoms with van der Waals surface area (Å²) < 4.78 is 15.8. The van der Waals surface area contributed by atoms with Gasteiger partial charge in [-0.1, -0.05) is 5.16 Å². The molecule has 24 heavy (non-hydrogen) atoms. The van der Waals surface area contributed by atoms with Gasteiger partial charge in [0, 0.05) is 49.1 Å². The summed E-state index contributed by atoms with van der Waals surface area (Å²) in [6, 6.07) is 8.28. The molecule has 0 spiro atoms. The number of anilines is 1. The van der Waals surface area contributed by atoms with Crippen LogP contribution in [0.3, 0.4) is 0 Å². The molecule has 1 N–H and O–H groups in total. The third kappa shape index (κ3) is 4.20. The van der Waals surface area contributed by atoms with Gasteiger partial charge in [0.1, 0.15) is 17.3 Å². The Bertz CT molecular complexity index is 649. The van der Waals surface area contributed by atoms with Gasteiger partial charge in [-0.25, -0.2) is 0 Å². The molecule has 1 aliphatic heterocycles. The molecule has 3 rings (SSSR count). The molecule has 1 atom stereocenters. The number of aryl methyl sites for hydroxylation is 1. The molecule has 0 amide bonds. The number of methoxy groups -OCH3 is 2. The van der Waals surface area contributed by atoms with Crippen molar-refractivity contribution in [1.82, 2.24) is 10.1 Å². The predicted octanol–water partition coefficient (Wildman–Crippen LogP) is 3.08. The quantitative estimate of drug-likeness (QED) is 0.878. The van der Waals surface area contributed by atoms with Gasteiger partial charge in [-0.3, -0.25) is 4.90 Å². The maximum absolute atomic E-state index is 5.34. The number of benzene rings is 1. The van der Waals surface area contributed by atoms with E-state index in [9.17, 15) is 0 Å². The Morgan fingerprint density at radius 2 is 1.96 bits per heavy atom. The van der Waals surface area contributed by atoms with Crippen molar-refractivity contribution in [1.29, 1.82) is 0 Å². The van der Waals surface area contributed by atoms with Crippen LogP contribution in [0.4, 0.5) is 5.69 Å². The Morgan fingerprint density at radius 3 is 2.58 bits per heavy atom. The van der Waals surface area contributed by atoms with Crippen LogP contribution in [0.15, 0.2) is 28.8 Å². The lowest BCUT2D eigenvalue weighted by Gasteiger charge is -2.33. The molecule has 0 aliphatic carbocycles. The highest BCUT2D eigenvalue weighted by atomic mass is 16.5. The van der Waals surface area contributed by atoms with Gasteiger partial charge in [-0.05, 0) is 26.3 Å². The summed E-state index contributed by atoms with van der Waals surface area (Å²) in [6.07, 6.45) is 2.31. The van der Waals surface area contributed by atoms with Crippen molar-refractivity contribution in [2.24, 2.45) is 0 Å². The molecule has 1 aliphatic rings. The largest absolute Gasteiger partial charge is 0.497 e. The number of piperidine rings is 1. The number of hydrogen-bond acceptors (Lipinski definition) is 6. The first-order chi connectivity index (χ1) is 11.7. The minimum Gasteiger partial charge on any atom is -0.497 e. The first-order valence-electron chi connectivity index (χ1n) is 8.30. The number of rotatable bonds is 6. The summed E-state index contributed by atoms with van der Waals surface area (Å²) >= 11 is 0. The fraction of sp³-hybridized carbons (Fsp3) is 0.500. The lowest BCUT2D eigenvalue weighted by Crippen LogP contribution is -2.41. The SMILES string of the molecule is COc1cc(NC2CCCN(Cc3cc(C)on3)C2)cc(OC)c1. The Kier molecular flexibility index (Phi) is 5.25. The van der Waals surface area contributed by atoms with Gasteiger partial charge in [0.2, 0.25) is 0 Å². The fourth-order valence-electron chi connectivity index (χ4n) is 3.17. The van der Waals surface area contributed by atoms with Crippen LogP contribution in [-0.4, -0.2) is 43.4 Å². The van der Waals surface area contributed by atoms with Gasteiger partial charge in [0.15, 0.2) is 0 Å². The minimum atomic E-state index is 0.392. The minimum absolute atomic E-state index is 0.392. The molecule has 0 saturated carbocycles. The number of aromatic nitrogens is 1. The maximum Gasteiger partial charge on any atom is 0.133 e. The molecule has 130 valence electrons. The molecular formula is C18H25N3O3. The van der Waals surface area contributed by atoms with Crippen LogP contribution in [0.1, 0.15) is 24.3 Å². The molecular weight excluding hydrogens is 306 g/mol. The van der Waals surface area contributed by atoms with E-state index in [1.807, 2.05) is 31.2 Å². The molecule has 0 radical (unpaired) electrons. The zero-order valence-corrected chi connectivity index (χ0v) is 14.5. The second-order valence-corrected chi connectivity index (χ2v) is 6.25. The van der Waals surface area contributed by atoms with Gasteiger partial charge < -0.3 is 19.3 Å². The van der Waals surface area contributed by atoms with Crippen molar-refractivity contribution < 1.29 is 14.0 Å². The summed E-state index contributed by atoms with van der Waals surface area (Å²) in [5.74, 6) is 2.45. The van der Waals surface area contributed by atoms with Crippen LogP contribution in [0, 0.1) is 6.92 Å². The average molecular weight is 331 g/mol. The maximum atomic E-state index is 5.34. The number of nitrogens with zero attached hydrogens (tertiary/aromatic N) is 2. The molecule has 6 heteroatoms. The van der Waals surface area contributed by atoms with Crippen LogP contribution in [0.5, 0.6) is 11.5 Å². The Morgan fingerprint density at radius 1 is 1.21 bits per heavy atom. The molecule has 1 fully saturated rings. The lowest BCUT2D eigenvalue weighted by molar-refractivity contribution is 0.203. The molecule has 1 unspecified atom stereocenters. The van der Waals surface area contributed by atoms with Crippen LogP contribution in [-0.2, 0) is 6.54 Å². The van der Waals surface area contributed by atoms with Gasteiger partial charge in [-0.15, -0.1) is 0 Å². The van der Waals surface area contributed by atoms with Crippen molar-refractivity contribution in [2.75, 3.05) is 32.6 Å². The highest BCUT2D eigenvalue weighted by molar-refractivity contribution is 5.54. The standard InChI is InChI=1S/C18H25N3O3/c1-13-7-16(20-24-13)12-21-6-4-5-14(11-21)19-15-8-17(22-2)10-18(9-15)23-3/h7-10,14,19H,4-6,11-12H2,1-3H3. The molecule has 6 nitrogen and oxygen atoms in total. The van der Waals surface area contributed by atoms with Crippen LogP contribution >= 0.6 is 0 Å². The third-order valence-electron chi connectivity index (χ3n) is 4.29. The van der Waals surface area contributed by atoms with Gasteiger partial charge in [0.25, 0.3) is 0 Å². The highest BCUT2D eigenvalue weighted by Crippen LogP contribution is 2.27. The zero-order chi connectivity index (χ0) is 16.9. The predicted molar refractivity (Wildman–Crippen MR) is 92.7 cm³/mol. The monoisotopic (exact) mass is 331 g/mol. The molecule has 1 saturated heterocycles. The molecule has 2 aromatic rings. The van der Waals surface area contributed by atoms with E-state index in [1.165, 1.54) is 0 Å². The first-order valence-corrected chi connectivity index (χ1v) is 8.30. The molecule has 0 bridgehead atoms. The third-order valence-corrected chi connectivity index (χ3v) is 4.29. The average Bonchev–Trinajstić information content (AvgIpc) is 2.99. The number of likely N-dealkylation sites (tertiary alicyclic amines) is 1. The van der Waals surface area contributed by atoms with Gasteiger partial charge >= 0.3 is 0 Å². The van der Waals surface area contributed by atoms with Crippen LogP contribution in [0.25, 0.3) is 0 Å². The topological polar surface area (TPSA) is 59.8 Å². The van der Waals surface area contributed by atoms with Gasteiger partial charge in [-0.2, -0.15) is 0 Å². The zero-order valence-electron chi connectivity index (χ0n) is 14.5. The Balaban J connectivity index is 1.62. The van der Waals surface area contributed by atoms with E-state index in [0.717, 1.165) is 61.1 Å². The number of nitrogens with one attached hydrogen (secondary N) is 1. The van der Waals surface area contributed by atoms with Crippen molar-refractivity contribution >= 4 is 5.69 Å². The van der Waals surface area contributed by atoms with Gasteiger partial charge in [0.05, 0.1) is 19.9 Å². The van der Waals surface area contributed by atoms with Crippen molar-refractivity contribution in [3.63, 3.8) is 0 Å². The molecule has 2 heterocycles. The molecule has 1 aromatic carbocycles. The van der Waals surface area contributed by atoms with Crippen molar-refractivity contribution in [3.8, 4) is 11.5 Å². The Labute approximate surface area is 142 Å². The van der Waals surface area contributed by atoms with E-state index in [1.54, 1.807) is 14.2 Å². The molecule has 1 aromatic heterocycles. The summed E-state index contributed by atoms with van der Waals surface area (Å²) in [6.45, 7) is 4.82. The van der Waals surface area contributed by atoms with E-state index < -0.39 is 0 Å².